The maximum Gasteiger partial charge on any atom is 0.243 e. The van der Waals surface area contributed by atoms with E-state index in [4.69, 9.17) is 11.6 Å². The fourth-order valence-corrected chi connectivity index (χ4v) is 5.27. The number of carbonyl (C=O) groups excluding carboxylic acids is 2. The van der Waals surface area contributed by atoms with Gasteiger partial charge in [0.25, 0.3) is 0 Å². The molecule has 204 valence electrons. The average Bonchev–Trinajstić information content (AvgIpc) is 2.77. The van der Waals surface area contributed by atoms with E-state index in [1.165, 1.54) is 10.6 Å². The molecule has 0 aliphatic heterocycles. The third-order valence-electron chi connectivity index (χ3n) is 5.94. The lowest BCUT2D eigenvalue weighted by Gasteiger charge is -2.33. The van der Waals surface area contributed by atoms with Crippen molar-refractivity contribution in [1.82, 2.24) is 10.2 Å². The van der Waals surface area contributed by atoms with E-state index in [-0.39, 0.29) is 31.3 Å². The quantitative estimate of drug-likeness (QED) is 0.416. The van der Waals surface area contributed by atoms with Gasteiger partial charge >= 0.3 is 0 Å². The standard InChI is InChI=1S/C28H40ClN3O4S/c1-8-24(27(34)30-28(4,5)6)31(19-22-13-15-23(29)16-14-22)26(33)10-9-17-32(37(7,35)36)25-18-20(2)11-12-21(25)3/h11-16,18,24H,8-10,17,19H2,1-7H3,(H,30,34)/t24-/m0/s1. The summed E-state index contributed by atoms with van der Waals surface area (Å²) < 4.78 is 26.6. The Kier molecular flexibility index (Phi) is 10.6. The number of aryl methyl sites for hydroxylation is 2. The summed E-state index contributed by atoms with van der Waals surface area (Å²) in [4.78, 5) is 28.3. The Morgan fingerprint density at radius 1 is 1.05 bits per heavy atom. The first kappa shape index (κ1) is 30.6. The number of sulfonamides is 1. The molecule has 2 aromatic carbocycles. The van der Waals surface area contributed by atoms with Crippen molar-refractivity contribution in [2.45, 2.75) is 78.9 Å². The number of halogens is 1. The monoisotopic (exact) mass is 549 g/mol. The van der Waals surface area contributed by atoms with Crippen LogP contribution < -0.4 is 9.62 Å². The Morgan fingerprint density at radius 3 is 2.22 bits per heavy atom. The van der Waals surface area contributed by atoms with E-state index in [1.807, 2.05) is 71.9 Å². The summed E-state index contributed by atoms with van der Waals surface area (Å²) in [5, 5.41) is 3.58. The van der Waals surface area contributed by atoms with Crippen LogP contribution in [-0.2, 0) is 26.2 Å². The number of nitrogens with zero attached hydrogens (tertiary/aromatic N) is 2. The Labute approximate surface area is 227 Å². The van der Waals surface area contributed by atoms with Crippen molar-refractivity contribution in [3.8, 4) is 0 Å². The Bertz CT molecular complexity index is 1190. The molecule has 7 nitrogen and oxygen atoms in total. The van der Waals surface area contributed by atoms with Crippen LogP contribution in [0.3, 0.4) is 0 Å². The van der Waals surface area contributed by atoms with Crippen LogP contribution in [-0.4, -0.2) is 49.5 Å². The van der Waals surface area contributed by atoms with Gasteiger partial charge in [-0.25, -0.2) is 8.42 Å². The minimum absolute atomic E-state index is 0.101. The minimum Gasteiger partial charge on any atom is -0.350 e. The molecule has 2 rings (SSSR count). The lowest BCUT2D eigenvalue weighted by Crippen LogP contribution is -2.53. The molecule has 37 heavy (non-hydrogen) atoms. The van der Waals surface area contributed by atoms with Crippen molar-refractivity contribution >= 4 is 39.1 Å². The van der Waals surface area contributed by atoms with E-state index in [0.29, 0.717) is 23.6 Å². The van der Waals surface area contributed by atoms with Gasteiger partial charge < -0.3 is 10.2 Å². The molecular weight excluding hydrogens is 510 g/mol. The molecule has 1 N–H and O–H groups in total. The normalized spacial score (nSPS) is 12.6. The Morgan fingerprint density at radius 2 is 1.68 bits per heavy atom. The molecule has 2 aromatic rings. The lowest BCUT2D eigenvalue weighted by atomic mass is 10.0. The van der Waals surface area contributed by atoms with Crippen molar-refractivity contribution in [2.24, 2.45) is 0 Å². The smallest absolute Gasteiger partial charge is 0.243 e. The highest BCUT2D eigenvalue weighted by molar-refractivity contribution is 7.92. The van der Waals surface area contributed by atoms with Gasteiger partial charge in [-0.2, -0.15) is 0 Å². The molecule has 1 atom stereocenters. The highest BCUT2D eigenvalue weighted by Crippen LogP contribution is 2.25. The number of hydrogen-bond acceptors (Lipinski definition) is 4. The summed E-state index contributed by atoms with van der Waals surface area (Å²) >= 11 is 6.03. The van der Waals surface area contributed by atoms with E-state index in [2.05, 4.69) is 5.32 Å². The molecule has 0 heterocycles. The second-order valence-electron chi connectivity index (χ2n) is 10.5. The molecule has 0 aliphatic carbocycles. The van der Waals surface area contributed by atoms with E-state index < -0.39 is 21.6 Å². The first-order valence-electron chi connectivity index (χ1n) is 12.5. The number of amides is 2. The highest BCUT2D eigenvalue weighted by Gasteiger charge is 2.30. The molecule has 0 aromatic heterocycles. The van der Waals surface area contributed by atoms with Gasteiger partial charge in [-0.1, -0.05) is 42.8 Å². The zero-order chi connectivity index (χ0) is 28.0. The van der Waals surface area contributed by atoms with Gasteiger partial charge in [-0.05, 0) is 82.3 Å². The molecule has 0 unspecified atom stereocenters. The first-order chi connectivity index (χ1) is 17.1. The number of anilines is 1. The summed E-state index contributed by atoms with van der Waals surface area (Å²) in [5.74, 6) is -0.425. The maximum absolute atomic E-state index is 13.5. The van der Waals surface area contributed by atoms with E-state index >= 15 is 0 Å². The molecule has 0 radical (unpaired) electrons. The number of benzene rings is 2. The van der Waals surface area contributed by atoms with Gasteiger partial charge in [-0.15, -0.1) is 0 Å². The van der Waals surface area contributed by atoms with Gasteiger partial charge in [0, 0.05) is 30.1 Å². The predicted octanol–water partition coefficient (Wildman–Crippen LogP) is 5.23. The summed E-state index contributed by atoms with van der Waals surface area (Å²) in [5.41, 5.74) is 2.82. The topological polar surface area (TPSA) is 86.8 Å². The first-order valence-corrected chi connectivity index (χ1v) is 14.8. The van der Waals surface area contributed by atoms with E-state index in [1.54, 1.807) is 17.0 Å². The van der Waals surface area contributed by atoms with Crippen LogP contribution in [0.15, 0.2) is 42.5 Å². The van der Waals surface area contributed by atoms with E-state index in [9.17, 15) is 18.0 Å². The third kappa shape index (κ3) is 9.34. The molecular formula is C28H40ClN3O4S. The Balaban J connectivity index is 2.27. The van der Waals surface area contributed by atoms with Gasteiger partial charge in [-0.3, -0.25) is 13.9 Å². The summed E-state index contributed by atoms with van der Waals surface area (Å²) in [6.45, 7) is 11.8. The second kappa shape index (κ2) is 12.8. The molecule has 0 spiro atoms. The summed E-state index contributed by atoms with van der Waals surface area (Å²) in [6, 6.07) is 12.2. The van der Waals surface area contributed by atoms with Crippen LogP contribution in [0.2, 0.25) is 5.02 Å². The van der Waals surface area contributed by atoms with Crippen LogP contribution in [0.4, 0.5) is 5.69 Å². The molecule has 0 bridgehead atoms. The highest BCUT2D eigenvalue weighted by atomic mass is 35.5. The number of nitrogens with one attached hydrogen (secondary N) is 1. The largest absolute Gasteiger partial charge is 0.350 e. The van der Waals surface area contributed by atoms with Crippen LogP contribution in [0, 0.1) is 13.8 Å². The predicted molar refractivity (Wildman–Crippen MR) is 151 cm³/mol. The van der Waals surface area contributed by atoms with Gasteiger partial charge in [0.05, 0.1) is 11.9 Å². The van der Waals surface area contributed by atoms with Crippen molar-refractivity contribution in [1.29, 1.82) is 0 Å². The summed E-state index contributed by atoms with van der Waals surface area (Å²) in [7, 11) is -3.55. The third-order valence-corrected chi connectivity index (χ3v) is 7.37. The maximum atomic E-state index is 13.5. The van der Waals surface area contributed by atoms with Crippen molar-refractivity contribution in [3.05, 3.63) is 64.2 Å². The fraction of sp³-hybridized carbons (Fsp3) is 0.500. The zero-order valence-corrected chi connectivity index (χ0v) is 24.5. The van der Waals surface area contributed by atoms with E-state index in [0.717, 1.165) is 16.7 Å². The van der Waals surface area contributed by atoms with Crippen LogP contribution in [0.1, 0.15) is 63.6 Å². The number of hydrogen-bond donors (Lipinski definition) is 1. The zero-order valence-electron chi connectivity index (χ0n) is 23.0. The van der Waals surface area contributed by atoms with Crippen LogP contribution in [0.5, 0.6) is 0 Å². The van der Waals surface area contributed by atoms with Gasteiger partial charge in [0.1, 0.15) is 6.04 Å². The number of rotatable bonds is 11. The molecule has 9 heteroatoms. The van der Waals surface area contributed by atoms with Crippen molar-refractivity contribution in [2.75, 3.05) is 17.1 Å². The molecule has 0 saturated heterocycles. The lowest BCUT2D eigenvalue weighted by molar-refractivity contribution is -0.142. The second-order valence-corrected chi connectivity index (χ2v) is 12.9. The molecule has 0 fully saturated rings. The van der Waals surface area contributed by atoms with Crippen molar-refractivity contribution < 1.29 is 18.0 Å². The molecule has 0 aliphatic rings. The number of carbonyl (C=O) groups is 2. The van der Waals surface area contributed by atoms with Crippen LogP contribution >= 0.6 is 11.6 Å². The van der Waals surface area contributed by atoms with Crippen LogP contribution in [0.25, 0.3) is 0 Å². The van der Waals surface area contributed by atoms with Gasteiger partial charge in [0.2, 0.25) is 21.8 Å². The molecule has 2 amide bonds. The fourth-order valence-electron chi connectivity index (χ4n) is 4.13. The SMILES string of the molecule is CC[C@@H](C(=O)NC(C)(C)C)N(Cc1ccc(Cl)cc1)C(=O)CCCN(c1cc(C)ccc1C)S(C)(=O)=O. The molecule has 0 saturated carbocycles. The Hall–Kier alpha value is -2.58. The van der Waals surface area contributed by atoms with Crippen molar-refractivity contribution in [3.63, 3.8) is 0 Å². The van der Waals surface area contributed by atoms with Gasteiger partial charge in [0.15, 0.2) is 0 Å². The summed E-state index contributed by atoms with van der Waals surface area (Å²) in [6.07, 6.45) is 2.03. The average molecular weight is 550 g/mol. The minimum atomic E-state index is -3.55.